The molecule has 0 aliphatic carbocycles. The molecule has 0 saturated carbocycles. The van der Waals surface area contributed by atoms with E-state index >= 15 is 0 Å². The van der Waals surface area contributed by atoms with Crippen molar-refractivity contribution >= 4 is 28.7 Å². The van der Waals surface area contributed by atoms with Crippen molar-refractivity contribution in [3.8, 4) is 5.75 Å². The number of anilines is 3. The molecule has 0 atom stereocenters. The van der Waals surface area contributed by atoms with Crippen LogP contribution in [-0.2, 0) is 0 Å². The van der Waals surface area contributed by atoms with Gasteiger partial charge in [0.15, 0.2) is 5.65 Å². The van der Waals surface area contributed by atoms with E-state index in [-0.39, 0.29) is 5.91 Å². The molecule has 29 heavy (non-hydrogen) atoms. The third kappa shape index (κ3) is 3.73. The lowest BCUT2D eigenvalue weighted by molar-refractivity contribution is 0.102. The van der Waals surface area contributed by atoms with Crippen LogP contribution in [0, 0.1) is 0 Å². The molecule has 1 amide bonds. The number of pyridine rings is 1. The number of aromatic nitrogens is 4. The largest absolute Gasteiger partial charge is 0.492 e. The molecule has 4 aromatic rings. The van der Waals surface area contributed by atoms with Gasteiger partial charge in [-0.3, -0.25) is 9.78 Å². The molecular weight excluding hydrogens is 368 g/mol. The number of benzene rings is 1. The van der Waals surface area contributed by atoms with Crippen molar-refractivity contribution in [2.75, 3.05) is 23.9 Å². The van der Waals surface area contributed by atoms with Crippen LogP contribution < -0.4 is 15.0 Å². The molecule has 1 N–H and O–H groups in total. The van der Waals surface area contributed by atoms with Crippen LogP contribution in [0.15, 0.2) is 67.3 Å². The van der Waals surface area contributed by atoms with E-state index in [0.29, 0.717) is 35.1 Å². The van der Waals surface area contributed by atoms with E-state index < -0.39 is 0 Å². The predicted molar refractivity (Wildman–Crippen MR) is 111 cm³/mol. The molecule has 8 nitrogen and oxygen atoms in total. The molecule has 0 unspecified atom stereocenters. The zero-order valence-electron chi connectivity index (χ0n) is 16.1. The highest BCUT2D eigenvalue weighted by molar-refractivity contribution is 6.08. The molecule has 8 heteroatoms. The summed E-state index contributed by atoms with van der Waals surface area (Å²) < 4.78 is 7.15. The summed E-state index contributed by atoms with van der Waals surface area (Å²) in [5, 5.41) is 7.13. The van der Waals surface area contributed by atoms with E-state index in [4.69, 9.17) is 4.74 Å². The van der Waals surface area contributed by atoms with E-state index in [1.165, 1.54) is 6.20 Å². The maximum atomic E-state index is 12.9. The minimum Gasteiger partial charge on any atom is -0.492 e. The van der Waals surface area contributed by atoms with Crippen LogP contribution in [0.25, 0.3) is 5.65 Å². The molecular formula is C21H20N6O2. The van der Waals surface area contributed by atoms with Crippen LogP contribution in [-0.4, -0.2) is 39.1 Å². The number of hydrogen-bond acceptors (Lipinski definition) is 6. The van der Waals surface area contributed by atoms with Gasteiger partial charge in [0.1, 0.15) is 17.1 Å². The number of carbonyl (C=O) groups excluding carboxylic acids is 1. The van der Waals surface area contributed by atoms with Crippen LogP contribution in [0.4, 0.5) is 17.2 Å². The van der Waals surface area contributed by atoms with Gasteiger partial charge in [0.25, 0.3) is 5.91 Å². The fourth-order valence-corrected chi connectivity index (χ4v) is 2.93. The van der Waals surface area contributed by atoms with Gasteiger partial charge in [0.05, 0.1) is 30.4 Å². The van der Waals surface area contributed by atoms with Crippen LogP contribution >= 0.6 is 0 Å². The Balaban J connectivity index is 1.65. The van der Waals surface area contributed by atoms with Crippen LogP contribution in [0.5, 0.6) is 5.75 Å². The van der Waals surface area contributed by atoms with Gasteiger partial charge in [-0.15, -0.1) is 0 Å². The van der Waals surface area contributed by atoms with Gasteiger partial charge in [-0.2, -0.15) is 5.10 Å². The van der Waals surface area contributed by atoms with Crippen molar-refractivity contribution in [1.29, 1.82) is 0 Å². The molecule has 0 fully saturated rings. The van der Waals surface area contributed by atoms with E-state index in [0.717, 1.165) is 5.69 Å². The van der Waals surface area contributed by atoms with Gasteiger partial charge < -0.3 is 15.0 Å². The molecule has 3 heterocycles. The maximum absolute atomic E-state index is 12.9. The molecule has 0 spiro atoms. The predicted octanol–water partition coefficient (Wildman–Crippen LogP) is 3.54. The Morgan fingerprint density at radius 1 is 1.17 bits per heavy atom. The summed E-state index contributed by atoms with van der Waals surface area (Å²) in [6, 6.07) is 12.9. The number of ether oxygens (including phenoxy) is 1. The Labute approximate surface area is 167 Å². The van der Waals surface area contributed by atoms with Crippen LogP contribution in [0.1, 0.15) is 17.3 Å². The molecule has 1 aromatic carbocycles. The normalized spacial score (nSPS) is 10.7. The summed E-state index contributed by atoms with van der Waals surface area (Å²) in [4.78, 5) is 23.6. The molecule has 0 saturated heterocycles. The number of nitrogens with zero attached hydrogens (tertiary/aromatic N) is 5. The number of rotatable bonds is 6. The second-order valence-corrected chi connectivity index (χ2v) is 6.27. The average molecular weight is 388 g/mol. The van der Waals surface area contributed by atoms with Crippen molar-refractivity contribution < 1.29 is 9.53 Å². The van der Waals surface area contributed by atoms with Gasteiger partial charge in [-0.05, 0) is 37.3 Å². The molecule has 0 aliphatic rings. The first kappa shape index (κ1) is 18.4. The van der Waals surface area contributed by atoms with Crippen LogP contribution in [0.2, 0.25) is 0 Å². The van der Waals surface area contributed by atoms with Crippen molar-refractivity contribution in [2.45, 2.75) is 6.92 Å². The Kier molecular flexibility index (Phi) is 5.07. The first-order chi connectivity index (χ1) is 14.2. The van der Waals surface area contributed by atoms with Gasteiger partial charge in [-0.25, -0.2) is 9.50 Å². The SMILES string of the molecule is CCOc1ccccc1NC(=O)c1cnn2ccc(N(C)c3cccnc3)nc12. The van der Waals surface area contributed by atoms with Gasteiger partial charge in [-0.1, -0.05) is 12.1 Å². The Hall–Kier alpha value is -3.94. The molecule has 0 bridgehead atoms. The average Bonchev–Trinajstić information content (AvgIpc) is 3.19. The topological polar surface area (TPSA) is 84.6 Å². The summed E-state index contributed by atoms with van der Waals surface area (Å²) in [6.07, 6.45) is 6.75. The molecule has 146 valence electrons. The zero-order valence-corrected chi connectivity index (χ0v) is 16.1. The lowest BCUT2D eigenvalue weighted by atomic mass is 10.2. The van der Waals surface area contributed by atoms with E-state index in [1.807, 2.05) is 55.3 Å². The maximum Gasteiger partial charge on any atom is 0.261 e. The first-order valence-corrected chi connectivity index (χ1v) is 9.18. The number of carbonyl (C=O) groups is 1. The second-order valence-electron chi connectivity index (χ2n) is 6.27. The fraction of sp³-hybridized carbons (Fsp3) is 0.143. The Morgan fingerprint density at radius 3 is 2.83 bits per heavy atom. The van der Waals surface area contributed by atoms with Crippen LogP contribution in [0.3, 0.4) is 0 Å². The highest BCUT2D eigenvalue weighted by Crippen LogP contribution is 2.25. The second kappa shape index (κ2) is 7.97. The molecule has 4 rings (SSSR count). The fourth-order valence-electron chi connectivity index (χ4n) is 2.93. The van der Waals surface area contributed by atoms with Crippen molar-refractivity contribution in [3.63, 3.8) is 0 Å². The summed E-state index contributed by atoms with van der Waals surface area (Å²) in [6.45, 7) is 2.41. The quantitative estimate of drug-likeness (QED) is 0.544. The minimum absolute atomic E-state index is 0.305. The number of hydrogen-bond donors (Lipinski definition) is 1. The van der Waals surface area contributed by atoms with Crippen molar-refractivity contribution in [1.82, 2.24) is 19.6 Å². The van der Waals surface area contributed by atoms with Gasteiger partial charge >= 0.3 is 0 Å². The summed E-state index contributed by atoms with van der Waals surface area (Å²) in [5.74, 6) is 0.986. The summed E-state index contributed by atoms with van der Waals surface area (Å²) in [5.41, 5.74) is 2.32. The first-order valence-electron chi connectivity index (χ1n) is 9.18. The smallest absolute Gasteiger partial charge is 0.261 e. The third-order valence-corrected chi connectivity index (χ3v) is 4.41. The minimum atomic E-state index is -0.305. The number of nitrogens with one attached hydrogen (secondary N) is 1. The highest BCUT2D eigenvalue weighted by Gasteiger charge is 2.17. The number of para-hydroxylation sites is 2. The Bertz CT molecular complexity index is 1140. The molecule has 0 aliphatic heterocycles. The standard InChI is InChI=1S/C21H20N6O2/c1-3-29-18-9-5-4-8-17(18)24-21(28)16-14-23-27-12-10-19(25-20(16)27)26(2)15-7-6-11-22-13-15/h4-14H,3H2,1-2H3,(H,24,28). The summed E-state index contributed by atoms with van der Waals surface area (Å²) in [7, 11) is 1.89. The molecule has 0 radical (unpaired) electrons. The monoisotopic (exact) mass is 388 g/mol. The third-order valence-electron chi connectivity index (χ3n) is 4.41. The van der Waals surface area contributed by atoms with Crippen molar-refractivity contribution in [3.05, 3.63) is 72.8 Å². The highest BCUT2D eigenvalue weighted by atomic mass is 16.5. The van der Waals surface area contributed by atoms with Gasteiger partial charge in [0, 0.05) is 19.4 Å². The van der Waals surface area contributed by atoms with Gasteiger partial charge in [0.2, 0.25) is 0 Å². The summed E-state index contributed by atoms with van der Waals surface area (Å²) >= 11 is 0. The lowest BCUT2D eigenvalue weighted by Crippen LogP contribution is -2.15. The van der Waals surface area contributed by atoms with E-state index in [9.17, 15) is 4.79 Å². The van der Waals surface area contributed by atoms with E-state index in [1.54, 1.807) is 29.2 Å². The lowest BCUT2D eigenvalue weighted by Gasteiger charge is -2.17. The number of amides is 1. The van der Waals surface area contributed by atoms with Crippen molar-refractivity contribution in [2.24, 2.45) is 0 Å². The number of fused-ring (bicyclic) bond motifs is 1. The zero-order chi connectivity index (χ0) is 20.2. The molecule has 3 aromatic heterocycles. The van der Waals surface area contributed by atoms with E-state index in [2.05, 4.69) is 20.4 Å². The Morgan fingerprint density at radius 2 is 2.03 bits per heavy atom.